The highest BCUT2D eigenvalue weighted by atomic mass is 35.5. The normalized spacial score (nSPS) is 10.4. The summed E-state index contributed by atoms with van der Waals surface area (Å²) in [6, 6.07) is 4.87. The summed E-state index contributed by atoms with van der Waals surface area (Å²) in [6.07, 6.45) is 0. The van der Waals surface area contributed by atoms with Crippen molar-refractivity contribution in [3.63, 3.8) is 0 Å². The molecule has 0 N–H and O–H groups in total. The molecule has 94 valence electrons. The number of carbonyl (C=O) groups excluding carboxylic acids is 1. The minimum Gasteiger partial charge on any atom is -0.465 e. The molecule has 0 saturated heterocycles. The number of rotatable bonds is 2. The van der Waals surface area contributed by atoms with E-state index in [9.17, 15) is 4.79 Å². The van der Waals surface area contributed by atoms with Crippen molar-refractivity contribution < 1.29 is 14.1 Å². The molecule has 0 fully saturated rings. The second-order valence-corrected chi connectivity index (χ2v) is 4.49. The van der Waals surface area contributed by atoms with Crippen molar-refractivity contribution in [3.8, 4) is 11.3 Å². The molecule has 4 nitrogen and oxygen atoms in total. The number of aromatic nitrogens is 1. The molecule has 0 aliphatic rings. The van der Waals surface area contributed by atoms with Crippen molar-refractivity contribution in [3.05, 3.63) is 39.5 Å². The van der Waals surface area contributed by atoms with E-state index in [1.807, 2.05) is 0 Å². The molecule has 6 heteroatoms. The lowest BCUT2D eigenvalue weighted by Crippen LogP contribution is -2.03. The van der Waals surface area contributed by atoms with Gasteiger partial charge in [0.2, 0.25) is 0 Å². The zero-order valence-electron chi connectivity index (χ0n) is 9.66. The number of ether oxygens (including phenoxy) is 1. The predicted molar refractivity (Wildman–Crippen MR) is 68.0 cm³/mol. The summed E-state index contributed by atoms with van der Waals surface area (Å²) in [6.45, 7) is 1.66. The van der Waals surface area contributed by atoms with Gasteiger partial charge in [-0.3, -0.25) is 0 Å². The van der Waals surface area contributed by atoms with Crippen LogP contribution in [0.1, 0.15) is 16.1 Å². The second-order valence-electron chi connectivity index (χ2n) is 3.62. The first-order valence-electron chi connectivity index (χ1n) is 5.04. The van der Waals surface area contributed by atoms with Crippen LogP contribution in [-0.2, 0) is 4.74 Å². The first-order valence-corrected chi connectivity index (χ1v) is 5.79. The van der Waals surface area contributed by atoms with Crippen LogP contribution in [0.4, 0.5) is 0 Å². The number of halogens is 2. The van der Waals surface area contributed by atoms with Gasteiger partial charge in [-0.2, -0.15) is 0 Å². The van der Waals surface area contributed by atoms with Crippen LogP contribution >= 0.6 is 23.2 Å². The van der Waals surface area contributed by atoms with Gasteiger partial charge in [0.05, 0.1) is 12.8 Å². The predicted octanol–water partition coefficient (Wildman–Crippen LogP) is 3.74. The molecule has 0 aliphatic carbocycles. The fourth-order valence-electron chi connectivity index (χ4n) is 1.59. The molecule has 0 aliphatic heterocycles. The maximum Gasteiger partial charge on any atom is 0.343 e. The minimum atomic E-state index is -0.514. The SMILES string of the molecule is COC(=O)c1c(C)noc1-c1cc(Cl)cc(Cl)c1. The van der Waals surface area contributed by atoms with Crippen molar-refractivity contribution in [2.24, 2.45) is 0 Å². The van der Waals surface area contributed by atoms with Crippen LogP contribution in [0.3, 0.4) is 0 Å². The lowest BCUT2D eigenvalue weighted by Gasteiger charge is -2.02. The van der Waals surface area contributed by atoms with Gasteiger partial charge in [-0.25, -0.2) is 4.79 Å². The number of esters is 1. The van der Waals surface area contributed by atoms with Gasteiger partial charge in [0.15, 0.2) is 5.76 Å². The molecule has 1 heterocycles. The van der Waals surface area contributed by atoms with Gasteiger partial charge in [0, 0.05) is 15.6 Å². The number of hydrogen-bond donors (Lipinski definition) is 0. The molecule has 2 rings (SSSR count). The highest BCUT2D eigenvalue weighted by Gasteiger charge is 2.22. The highest BCUT2D eigenvalue weighted by Crippen LogP contribution is 2.31. The molecule has 0 radical (unpaired) electrons. The first-order chi connectivity index (χ1) is 8.52. The molecule has 1 aromatic carbocycles. The van der Waals surface area contributed by atoms with Crippen molar-refractivity contribution in [2.45, 2.75) is 6.92 Å². The number of hydrogen-bond acceptors (Lipinski definition) is 4. The van der Waals surface area contributed by atoms with E-state index in [4.69, 9.17) is 32.5 Å². The number of aryl methyl sites for hydroxylation is 1. The van der Waals surface area contributed by atoms with Crippen LogP contribution in [0.5, 0.6) is 0 Å². The van der Waals surface area contributed by atoms with Crippen LogP contribution in [-0.4, -0.2) is 18.2 Å². The number of benzene rings is 1. The molecule has 0 bridgehead atoms. The Morgan fingerprint density at radius 2 is 1.89 bits per heavy atom. The van der Waals surface area contributed by atoms with Crippen LogP contribution in [0.15, 0.2) is 22.7 Å². The maximum atomic E-state index is 11.7. The quantitative estimate of drug-likeness (QED) is 0.789. The molecule has 2 aromatic rings. The molecular formula is C12H9Cl2NO3. The van der Waals surface area contributed by atoms with E-state index in [0.29, 0.717) is 27.1 Å². The highest BCUT2D eigenvalue weighted by molar-refractivity contribution is 6.35. The maximum absolute atomic E-state index is 11.7. The average Bonchev–Trinajstić information content (AvgIpc) is 2.69. The Morgan fingerprint density at radius 1 is 1.28 bits per heavy atom. The van der Waals surface area contributed by atoms with Crippen LogP contribution < -0.4 is 0 Å². The summed E-state index contributed by atoms with van der Waals surface area (Å²) in [5.74, 6) is -0.219. The summed E-state index contributed by atoms with van der Waals surface area (Å²) >= 11 is 11.8. The topological polar surface area (TPSA) is 52.3 Å². The van der Waals surface area contributed by atoms with Gasteiger partial charge >= 0.3 is 5.97 Å². The molecule has 0 spiro atoms. The van der Waals surface area contributed by atoms with E-state index >= 15 is 0 Å². The first kappa shape index (κ1) is 12.9. The van der Waals surface area contributed by atoms with Crippen molar-refractivity contribution >= 4 is 29.2 Å². The molecule has 18 heavy (non-hydrogen) atoms. The van der Waals surface area contributed by atoms with E-state index in [-0.39, 0.29) is 5.56 Å². The molecule has 0 unspecified atom stereocenters. The average molecular weight is 286 g/mol. The van der Waals surface area contributed by atoms with E-state index < -0.39 is 5.97 Å². The molecule has 0 atom stereocenters. The van der Waals surface area contributed by atoms with Gasteiger partial charge in [-0.1, -0.05) is 28.4 Å². The largest absolute Gasteiger partial charge is 0.465 e. The Bertz CT molecular complexity index is 587. The fraction of sp³-hybridized carbons (Fsp3) is 0.167. The monoisotopic (exact) mass is 285 g/mol. The Kier molecular flexibility index (Phi) is 3.59. The van der Waals surface area contributed by atoms with Gasteiger partial charge < -0.3 is 9.26 Å². The summed E-state index contributed by atoms with van der Waals surface area (Å²) in [4.78, 5) is 11.7. The Hall–Kier alpha value is -1.52. The molecule has 0 amide bonds. The van der Waals surface area contributed by atoms with Gasteiger partial charge in [0.25, 0.3) is 0 Å². The number of carbonyl (C=O) groups is 1. The van der Waals surface area contributed by atoms with Crippen LogP contribution in [0.25, 0.3) is 11.3 Å². The second kappa shape index (κ2) is 5.00. The third kappa shape index (κ3) is 2.35. The minimum absolute atomic E-state index is 0.274. The van der Waals surface area contributed by atoms with Crippen molar-refractivity contribution in [1.82, 2.24) is 5.16 Å². The summed E-state index contributed by atoms with van der Waals surface area (Å²) in [7, 11) is 1.30. The van der Waals surface area contributed by atoms with Gasteiger partial charge in [-0.15, -0.1) is 0 Å². The van der Waals surface area contributed by atoms with Crippen molar-refractivity contribution in [1.29, 1.82) is 0 Å². The smallest absolute Gasteiger partial charge is 0.343 e. The lowest BCUT2D eigenvalue weighted by molar-refractivity contribution is 0.0600. The molecule has 0 saturated carbocycles. The third-order valence-electron chi connectivity index (χ3n) is 2.38. The van der Waals surface area contributed by atoms with Crippen LogP contribution in [0, 0.1) is 6.92 Å². The van der Waals surface area contributed by atoms with Gasteiger partial charge in [-0.05, 0) is 25.1 Å². The summed E-state index contributed by atoms with van der Waals surface area (Å²) in [5, 5.41) is 4.65. The van der Waals surface area contributed by atoms with Crippen LogP contribution in [0.2, 0.25) is 10.0 Å². The Morgan fingerprint density at radius 3 is 2.44 bits per heavy atom. The van der Waals surface area contributed by atoms with E-state index in [2.05, 4.69) is 5.16 Å². The fourth-order valence-corrected chi connectivity index (χ4v) is 2.12. The van der Waals surface area contributed by atoms with E-state index in [0.717, 1.165) is 0 Å². The zero-order chi connectivity index (χ0) is 13.3. The molecular weight excluding hydrogens is 277 g/mol. The summed E-state index contributed by atoms with van der Waals surface area (Å²) in [5.41, 5.74) is 1.30. The number of methoxy groups -OCH3 is 1. The Balaban J connectivity index is 2.61. The van der Waals surface area contributed by atoms with Crippen molar-refractivity contribution in [2.75, 3.05) is 7.11 Å². The third-order valence-corrected chi connectivity index (χ3v) is 2.81. The Labute approximate surface area is 113 Å². The zero-order valence-corrected chi connectivity index (χ0v) is 11.2. The summed E-state index contributed by atoms with van der Waals surface area (Å²) < 4.78 is 9.84. The van der Waals surface area contributed by atoms with Gasteiger partial charge in [0.1, 0.15) is 5.56 Å². The number of nitrogens with zero attached hydrogens (tertiary/aromatic N) is 1. The standard InChI is InChI=1S/C12H9Cl2NO3/c1-6-10(12(16)17-2)11(18-15-6)7-3-8(13)5-9(14)4-7/h3-5H,1-2H3. The lowest BCUT2D eigenvalue weighted by atomic mass is 10.1. The van der Waals surface area contributed by atoms with E-state index in [1.54, 1.807) is 25.1 Å². The molecule has 1 aromatic heterocycles. The van der Waals surface area contributed by atoms with E-state index in [1.165, 1.54) is 7.11 Å².